The number of hydrogen-bond donors (Lipinski definition) is 0. The fraction of sp³-hybridized carbons (Fsp3) is 0.556. The van der Waals surface area contributed by atoms with Crippen molar-refractivity contribution in [3.05, 3.63) is 35.9 Å². The lowest BCUT2D eigenvalue weighted by atomic mass is 10.1. The van der Waals surface area contributed by atoms with Gasteiger partial charge in [-0.3, -0.25) is 9.59 Å². The number of nitrogens with zero attached hydrogens (tertiary/aromatic N) is 1. The van der Waals surface area contributed by atoms with Crippen LogP contribution in [-0.2, 0) is 25.5 Å². The first-order chi connectivity index (χ1) is 11.1. The molecule has 0 heterocycles. The molecule has 5 heteroatoms. The zero-order valence-corrected chi connectivity index (χ0v) is 14.3. The Labute approximate surface area is 138 Å². The summed E-state index contributed by atoms with van der Waals surface area (Å²) in [6, 6.07) is 9.92. The lowest BCUT2D eigenvalue weighted by molar-refractivity contribution is -0.146. The van der Waals surface area contributed by atoms with Gasteiger partial charge in [-0.05, 0) is 18.4 Å². The Balaban J connectivity index is 2.58. The van der Waals surface area contributed by atoms with Crippen molar-refractivity contribution >= 4 is 11.9 Å². The van der Waals surface area contributed by atoms with Crippen molar-refractivity contribution in [1.82, 2.24) is 4.90 Å². The Hall–Kier alpha value is -1.88. The van der Waals surface area contributed by atoms with E-state index < -0.39 is 0 Å². The molecule has 0 aliphatic carbocycles. The molecular formula is C18H27NO4. The van der Waals surface area contributed by atoms with Gasteiger partial charge in [-0.15, -0.1) is 0 Å². The molecule has 0 saturated heterocycles. The number of hydrogen-bond acceptors (Lipinski definition) is 4. The summed E-state index contributed by atoms with van der Waals surface area (Å²) in [6.45, 7) is 3.33. The van der Waals surface area contributed by atoms with E-state index in [2.05, 4.69) is 0 Å². The van der Waals surface area contributed by atoms with Gasteiger partial charge in [0.15, 0.2) is 0 Å². The van der Waals surface area contributed by atoms with Gasteiger partial charge in [0, 0.05) is 33.2 Å². The third-order valence-electron chi connectivity index (χ3n) is 3.70. The molecule has 0 fully saturated rings. The predicted octanol–water partition coefficient (Wildman–Crippen LogP) is 2.29. The van der Waals surface area contributed by atoms with Crippen LogP contribution in [0.25, 0.3) is 0 Å². The summed E-state index contributed by atoms with van der Waals surface area (Å²) in [5.41, 5.74) is 1.14. The first kappa shape index (κ1) is 19.2. The highest BCUT2D eigenvalue weighted by Gasteiger charge is 2.21. The Bertz CT molecular complexity index is 475. The smallest absolute Gasteiger partial charge is 0.310 e. The van der Waals surface area contributed by atoms with Crippen molar-refractivity contribution in [2.75, 3.05) is 33.9 Å². The molecule has 0 aliphatic heterocycles. The van der Waals surface area contributed by atoms with E-state index in [-0.39, 0.29) is 17.8 Å². The average molecular weight is 321 g/mol. The van der Waals surface area contributed by atoms with E-state index in [4.69, 9.17) is 9.47 Å². The van der Waals surface area contributed by atoms with Crippen LogP contribution in [0.4, 0.5) is 0 Å². The summed E-state index contributed by atoms with van der Waals surface area (Å²) in [4.78, 5) is 25.8. The maximum absolute atomic E-state index is 12.5. The fourth-order valence-corrected chi connectivity index (χ4v) is 2.38. The van der Waals surface area contributed by atoms with Gasteiger partial charge in [0.25, 0.3) is 0 Å². The minimum atomic E-state index is -0.330. The summed E-state index contributed by atoms with van der Waals surface area (Å²) in [5.74, 6) is -0.568. The zero-order valence-electron chi connectivity index (χ0n) is 14.3. The minimum Gasteiger partial charge on any atom is -0.469 e. The molecule has 0 aliphatic rings. The average Bonchev–Trinajstić information content (AvgIpc) is 2.58. The SMILES string of the molecule is COCCCN(CC(C)C(=O)OC)C(=O)CCc1ccccc1. The van der Waals surface area contributed by atoms with Gasteiger partial charge >= 0.3 is 5.97 Å². The number of rotatable bonds is 10. The Morgan fingerprint density at radius 3 is 2.48 bits per heavy atom. The molecule has 1 unspecified atom stereocenters. The number of ether oxygens (including phenoxy) is 2. The standard InChI is InChI=1S/C18H27NO4/c1-15(18(21)23-3)14-19(12-7-13-22-2)17(20)11-10-16-8-5-4-6-9-16/h4-6,8-9,15H,7,10-14H2,1-3H3. The molecule has 5 nitrogen and oxygen atoms in total. The van der Waals surface area contributed by atoms with E-state index in [1.165, 1.54) is 7.11 Å². The molecule has 0 N–H and O–H groups in total. The molecule has 0 radical (unpaired) electrons. The van der Waals surface area contributed by atoms with E-state index in [9.17, 15) is 9.59 Å². The van der Waals surface area contributed by atoms with Gasteiger partial charge in [0.2, 0.25) is 5.91 Å². The van der Waals surface area contributed by atoms with Gasteiger partial charge in [-0.25, -0.2) is 0 Å². The minimum absolute atomic E-state index is 0.0562. The second-order valence-electron chi connectivity index (χ2n) is 5.60. The normalized spacial score (nSPS) is 11.8. The van der Waals surface area contributed by atoms with E-state index in [0.717, 1.165) is 12.0 Å². The van der Waals surface area contributed by atoms with Crippen molar-refractivity contribution in [3.8, 4) is 0 Å². The number of amides is 1. The van der Waals surface area contributed by atoms with E-state index in [0.29, 0.717) is 32.5 Å². The topological polar surface area (TPSA) is 55.8 Å². The van der Waals surface area contributed by atoms with E-state index in [1.807, 2.05) is 30.3 Å². The van der Waals surface area contributed by atoms with Crippen LogP contribution in [0.1, 0.15) is 25.3 Å². The van der Waals surface area contributed by atoms with Gasteiger partial charge in [0.05, 0.1) is 13.0 Å². The molecule has 1 aromatic rings. The van der Waals surface area contributed by atoms with Gasteiger partial charge in [0.1, 0.15) is 0 Å². The summed E-state index contributed by atoms with van der Waals surface area (Å²) in [7, 11) is 3.00. The van der Waals surface area contributed by atoms with Crippen LogP contribution in [0.3, 0.4) is 0 Å². The highest BCUT2D eigenvalue weighted by Crippen LogP contribution is 2.09. The maximum atomic E-state index is 12.5. The molecule has 0 bridgehead atoms. The third kappa shape index (κ3) is 7.28. The van der Waals surface area contributed by atoms with Crippen LogP contribution in [0.15, 0.2) is 30.3 Å². The Morgan fingerprint density at radius 1 is 1.17 bits per heavy atom. The summed E-state index contributed by atoms with van der Waals surface area (Å²) in [6.07, 6.45) is 1.89. The maximum Gasteiger partial charge on any atom is 0.310 e. The van der Waals surface area contributed by atoms with Crippen LogP contribution in [-0.4, -0.2) is 50.7 Å². The lowest BCUT2D eigenvalue weighted by Gasteiger charge is -2.25. The number of esters is 1. The zero-order chi connectivity index (χ0) is 17.1. The molecule has 0 spiro atoms. The second kappa shape index (κ2) is 10.8. The largest absolute Gasteiger partial charge is 0.469 e. The number of methoxy groups -OCH3 is 2. The predicted molar refractivity (Wildman–Crippen MR) is 89.0 cm³/mol. The number of carbonyl (C=O) groups is 2. The summed E-state index contributed by atoms with van der Waals surface area (Å²) in [5, 5.41) is 0. The summed E-state index contributed by atoms with van der Waals surface area (Å²) >= 11 is 0. The molecule has 1 aromatic carbocycles. The van der Waals surface area contributed by atoms with Crippen molar-refractivity contribution in [2.24, 2.45) is 5.92 Å². The van der Waals surface area contributed by atoms with Crippen LogP contribution in [0, 0.1) is 5.92 Å². The molecule has 1 atom stereocenters. The van der Waals surface area contributed by atoms with Crippen LogP contribution < -0.4 is 0 Å². The first-order valence-electron chi connectivity index (χ1n) is 7.97. The number of benzene rings is 1. The highest BCUT2D eigenvalue weighted by molar-refractivity contribution is 5.78. The third-order valence-corrected chi connectivity index (χ3v) is 3.70. The highest BCUT2D eigenvalue weighted by atomic mass is 16.5. The number of carbonyl (C=O) groups excluding carboxylic acids is 2. The quantitative estimate of drug-likeness (QED) is 0.490. The van der Waals surface area contributed by atoms with Gasteiger partial charge in [-0.1, -0.05) is 37.3 Å². The summed E-state index contributed by atoms with van der Waals surface area (Å²) < 4.78 is 9.79. The lowest BCUT2D eigenvalue weighted by Crippen LogP contribution is -2.38. The monoisotopic (exact) mass is 321 g/mol. The fourth-order valence-electron chi connectivity index (χ4n) is 2.38. The molecule has 0 saturated carbocycles. The molecule has 1 rings (SSSR count). The van der Waals surface area contributed by atoms with Crippen LogP contribution in [0.5, 0.6) is 0 Å². The molecule has 23 heavy (non-hydrogen) atoms. The first-order valence-corrected chi connectivity index (χ1v) is 7.97. The van der Waals surface area contributed by atoms with Crippen LogP contribution in [0.2, 0.25) is 0 Å². The Morgan fingerprint density at radius 2 is 1.87 bits per heavy atom. The van der Waals surface area contributed by atoms with Crippen LogP contribution >= 0.6 is 0 Å². The van der Waals surface area contributed by atoms with Crippen molar-refractivity contribution < 1.29 is 19.1 Å². The number of aryl methyl sites for hydroxylation is 1. The van der Waals surface area contributed by atoms with Crippen molar-refractivity contribution in [2.45, 2.75) is 26.2 Å². The molecule has 128 valence electrons. The van der Waals surface area contributed by atoms with Crippen molar-refractivity contribution in [1.29, 1.82) is 0 Å². The van der Waals surface area contributed by atoms with Crippen molar-refractivity contribution in [3.63, 3.8) is 0 Å². The van der Waals surface area contributed by atoms with Gasteiger partial charge in [-0.2, -0.15) is 0 Å². The Kier molecular flexibility index (Phi) is 8.98. The molecular weight excluding hydrogens is 294 g/mol. The van der Waals surface area contributed by atoms with E-state index in [1.54, 1.807) is 18.9 Å². The molecule has 0 aromatic heterocycles. The second-order valence-corrected chi connectivity index (χ2v) is 5.60. The van der Waals surface area contributed by atoms with E-state index >= 15 is 0 Å². The van der Waals surface area contributed by atoms with Gasteiger partial charge < -0.3 is 14.4 Å². The molecule has 1 amide bonds.